The quantitative estimate of drug-likeness (QED) is 0.350. The number of aryl methyl sites for hydroxylation is 1. The summed E-state index contributed by atoms with van der Waals surface area (Å²) in [7, 11) is 0. The number of phenolic OH excluding ortho intramolecular Hbond substituents is 1. The third kappa shape index (κ3) is 3.39. The molecule has 140 valence electrons. The normalized spacial score (nSPS) is 12.0. The Labute approximate surface area is 165 Å². The maximum Gasteiger partial charge on any atom is 0.269 e. The molecular formula is C21H17N3O3S. The third-order valence-corrected chi connectivity index (χ3v) is 5.38. The molecule has 7 heteroatoms. The van der Waals surface area contributed by atoms with Gasteiger partial charge in [0.25, 0.3) is 5.69 Å². The highest BCUT2D eigenvalue weighted by Gasteiger charge is 2.23. The summed E-state index contributed by atoms with van der Waals surface area (Å²) in [5.41, 5.74) is 1.33. The highest BCUT2D eigenvalue weighted by Crippen LogP contribution is 2.39. The van der Waals surface area contributed by atoms with Crippen LogP contribution in [-0.4, -0.2) is 15.0 Å². The van der Waals surface area contributed by atoms with Crippen LogP contribution in [0.2, 0.25) is 0 Å². The minimum Gasteiger partial charge on any atom is -0.508 e. The Morgan fingerprint density at radius 2 is 1.96 bits per heavy atom. The minimum absolute atomic E-state index is 0.000606. The number of nitro benzene ring substituents is 1. The van der Waals surface area contributed by atoms with Gasteiger partial charge in [-0.2, -0.15) is 0 Å². The number of aromatic hydroxyl groups is 1. The summed E-state index contributed by atoms with van der Waals surface area (Å²) in [5.74, 6) is 0.121. The van der Waals surface area contributed by atoms with Crippen LogP contribution in [0.1, 0.15) is 22.0 Å². The number of fused-ring (bicyclic) bond motifs is 1. The van der Waals surface area contributed by atoms with E-state index >= 15 is 0 Å². The van der Waals surface area contributed by atoms with Gasteiger partial charge in [-0.3, -0.25) is 10.1 Å². The van der Waals surface area contributed by atoms with Crippen molar-refractivity contribution in [3.8, 4) is 5.75 Å². The molecule has 0 spiro atoms. The molecule has 0 aliphatic heterocycles. The number of benzene rings is 3. The van der Waals surface area contributed by atoms with E-state index in [2.05, 4.69) is 10.3 Å². The Balaban J connectivity index is 1.92. The van der Waals surface area contributed by atoms with E-state index in [4.69, 9.17) is 0 Å². The predicted octanol–water partition coefficient (Wildman–Crippen LogP) is 5.42. The number of anilines is 1. The Hall–Kier alpha value is -3.45. The zero-order chi connectivity index (χ0) is 19.7. The van der Waals surface area contributed by atoms with Gasteiger partial charge in [0.15, 0.2) is 5.13 Å². The number of hydrogen-bond donors (Lipinski definition) is 2. The van der Waals surface area contributed by atoms with Gasteiger partial charge >= 0.3 is 0 Å². The number of hydrogen-bond acceptors (Lipinski definition) is 6. The zero-order valence-electron chi connectivity index (χ0n) is 15.0. The molecule has 0 saturated carbocycles. The number of rotatable bonds is 5. The SMILES string of the molecule is Cc1cnc(NC(c2cccc([N+](=O)[O-])c2)c2c(O)ccc3ccccc23)s1. The molecule has 4 aromatic rings. The van der Waals surface area contributed by atoms with Crippen molar-refractivity contribution in [2.45, 2.75) is 13.0 Å². The maximum absolute atomic E-state index is 11.3. The summed E-state index contributed by atoms with van der Waals surface area (Å²) < 4.78 is 0. The average Bonchev–Trinajstić information content (AvgIpc) is 3.11. The first-order valence-electron chi connectivity index (χ1n) is 8.67. The Morgan fingerprint density at radius 3 is 2.71 bits per heavy atom. The first-order chi connectivity index (χ1) is 13.5. The maximum atomic E-state index is 11.3. The molecule has 1 aromatic heterocycles. The molecule has 1 atom stereocenters. The highest BCUT2D eigenvalue weighted by molar-refractivity contribution is 7.15. The average molecular weight is 391 g/mol. The number of aromatic nitrogens is 1. The topological polar surface area (TPSA) is 88.3 Å². The van der Waals surface area contributed by atoms with E-state index in [0.29, 0.717) is 16.3 Å². The van der Waals surface area contributed by atoms with Crippen LogP contribution in [0.4, 0.5) is 10.8 Å². The zero-order valence-corrected chi connectivity index (χ0v) is 15.8. The van der Waals surface area contributed by atoms with Gasteiger partial charge in [-0.05, 0) is 29.3 Å². The van der Waals surface area contributed by atoms with Crippen LogP contribution >= 0.6 is 11.3 Å². The van der Waals surface area contributed by atoms with Gasteiger partial charge in [0, 0.05) is 28.8 Å². The standard InChI is InChI=1S/C21H17N3O3S/c1-13-12-22-21(28-13)23-20(15-6-4-7-16(11-15)24(26)27)19-17-8-3-2-5-14(17)9-10-18(19)25/h2-12,20,25H,1H3,(H,22,23). The molecule has 0 amide bonds. The van der Waals surface area contributed by atoms with Crippen molar-refractivity contribution < 1.29 is 10.0 Å². The molecule has 0 radical (unpaired) electrons. The molecule has 1 heterocycles. The largest absolute Gasteiger partial charge is 0.508 e. The molecule has 0 bridgehead atoms. The second-order valence-corrected chi connectivity index (χ2v) is 7.66. The molecule has 0 aliphatic carbocycles. The van der Waals surface area contributed by atoms with Gasteiger partial charge in [-0.15, -0.1) is 11.3 Å². The first kappa shape index (κ1) is 17.9. The van der Waals surface area contributed by atoms with Crippen LogP contribution in [0, 0.1) is 17.0 Å². The van der Waals surface area contributed by atoms with Crippen molar-refractivity contribution in [2.24, 2.45) is 0 Å². The summed E-state index contributed by atoms with van der Waals surface area (Å²) >= 11 is 1.49. The van der Waals surface area contributed by atoms with E-state index in [9.17, 15) is 15.2 Å². The third-order valence-electron chi connectivity index (χ3n) is 4.54. The van der Waals surface area contributed by atoms with E-state index in [1.54, 1.807) is 18.3 Å². The van der Waals surface area contributed by atoms with Gasteiger partial charge in [-0.1, -0.05) is 42.5 Å². The fourth-order valence-corrected chi connectivity index (χ4v) is 3.97. The van der Waals surface area contributed by atoms with Gasteiger partial charge in [0.1, 0.15) is 5.75 Å². The van der Waals surface area contributed by atoms with Crippen molar-refractivity contribution in [3.63, 3.8) is 0 Å². The first-order valence-corrected chi connectivity index (χ1v) is 9.48. The van der Waals surface area contributed by atoms with Crippen LogP contribution in [0.15, 0.2) is 66.9 Å². The van der Waals surface area contributed by atoms with Crippen molar-refractivity contribution in [2.75, 3.05) is 5.32 Å². The number of nitrogens with one attached hydrogen (secondary N) is 1. The Kier molecular flexibility index (Phi) is 4.67. The van der Waals surface area contributed by atoms with E-state index in [1.807, 2.05) is 43.3 Å². The summed E-state index contributed by atoms with van der Waals surface area (Å²) in [6.07, 6.45) is 1.76. The lowest BCUT2D eigenvalue weighted by molar-refractivity contribution is -0.384. The van der Waals surface area contributed by atoms with Gasteiger partial charge in [0.05, 0.1) is 11.0 Å². The lowest BCUT2D eigenvalue weighted by Gasteiger charge is -2.22. The molecule has 0 saturated heterocycles. The molecule has 0 aliphatic rings. The van der Waals surface area contributed by atoms with Gasteiger partial charge in [0.2, 0.25) is 0 Å². The fourth-order valence-electron chi connectivity index (χ4n) is 3.27. The van der Waals surface area contributed by atoms with Crippen molar-refractivity contribution in [1.29, 1.82) is 0 Å². The monoisotopic (exact) mass is 391 g/mol. The molecular weight excluding hydrogens is 374 g/mol. The van der Waals surface area contributed by atoms with Crippen molar-refractivity contribution >= 4 is 32.9 Å². The summed E-state index contributed by atoms with van der Waals surface area (Å²) in [6.45, 7) is 1.96. The van der Waals surface area contributed by atoms with Crippen LogP contribution in [-0.2, 0) is 0 Å². The minimum atomic E-state index is -0.503. The molecule has 6 nitrogen and oxygen atoms in total. The van der Waals surface area contributed by atoms with Crippen molar-refractivity contribution in [3.05, 3.63) is 93.0 Å². The summed E-state index contributed by atoms with van der Waals surface area (Å²) in [5, 5.41) is 27.9. The van der Waals surface area contributed by atoms with Gasteiger partial charge in [-0.25, -0.2) is 4.98 Å². The van der Waals surface area contributed by atoms with E-state index in [1.165, 1.54) is 23.5 Å². The second-order valence-electron chi connectivity index (χ2n) is 6.43. The molecule has 0 fully saturated rings. The van der Waals surface area contributed by atoms with Gasteiger partial charge < -0.3 is 10.4 Å². The Bertz CT molecular complexity index is 1170. The van der Waals surface area contributed by atoms with E-state index in [0.717, 1.165) is 15.6 Å². The number of phenols is 1. The fraction of sp³-hybridized carbons (Fsp3) is 0.0952. The second kappa shape index (κ2) is 7.28. The number of thiazole rings is 1. The summed E-state index contributed by atoms with van der Waals surface area (Å²) in [4.78, 5) is 16.3. The lowest BCUT2D eigenvalue weighted by atomic mass is 9.92. The van der Waals surface area contributed by atoms with Crippen molar-refractivity contribution in [1.82, 2.24) is 4.98 Å². The summed E-state index contributed by atoms with van der Waals surface area (Å²) in [6, 6.07) is 17.2. The smallest absolute Gasteiger partial charge is 0.269 e. The van der Waals surface area contributed by atoms with E-state index < -0.39 is 11.0 Å². The predicted molar refractivity (Wildman–Crippen MR) is 111 cm³/mol. The van der Waals surface area contributed by atoms with Crippen LogP contribution in [0.5, 0.6) is 5.75 Å². The highest BCUT2D eigenvalue weighted by atomic mass is 32.1. The number of nitro groups is 1. The lowest BCUT2D eigenvalue weighted by Crippen LogP contribution is -2.13. The number of non-ortho nitro benzene ring substituents is 1. The Morgan fingerprint density at radius 1 is 1.14 bits per heavy atom. The molecule has 28 heavy (non-hydrogen) atoms. The van der Waals surface area contributed by atoms with E-state index in [-0.39, 0.29) is 11.4 Å². The molecule has 4 rings (SSSR count). The molecule has 1 unspecified atom stereocenters. The van der Waals surface area contributed by atoms with Crippen LogP contribution in [0.25, 0.3) is 10.8 Å². The van der Waals surface area contributed by atoms with Crippen LogP contribution < -0.4 is 5.32 Å². The molecule has 2 N–H and O–H groups in total. The molecule has 3 aromatic carbocycles. The number of nitrogens with zero attached hydrogens (tertiary/aromatic N) is 2. The van der Waals surface area contributed by atoms with Crippen LogP contribution in [0.3, 0.4) is 0 Å².